The van der Waals surface area contributed by atoms with Gasteiger partial charge in [0.15, 0.2) is 0 Å². The fourth-order valence-corrected chi connectivity index (χ4v) is 2.56. The number of hydrogen-bond donors (Lipinski definition) is 1. The van der Waals surface area contributed by atoms with E-state index in [4.69, 9.17) is 10.5 Å². The Morgan fingerprint density at radius 2 is 2.17 bits per heavy atom. The number of fused-ring (bicyclic) bond motifs is 1. The van der Waals surface area contributed by atoms with Crippen molar-refractivity contribution in [3.63, 3.8) is 0 Å². The molecular weight excluding hydrogens is 224 g/mol. The summed E-state index contributed by atoms with van der Waals surface area (Å²) in [6.45, 7) is 9.22. The third-order valence-corrected chi connectivity index (χ3v) is 3.25. The van der Waals surface area contributed by atoms with Crippen molar-refractivity contribution in [2.75, 3.05) is 24.5 Å². The standard InChI is InChI=1S/C15H24N2O/c1-4-9-17-11-15(2,3)18-14-6-5-12(7-8-16)10-13(14)17/h5-6,10H,4,7-9,11,16H2,1-3H3. The number of nitrogens with two attached hydrogens (primary N) is 1. The van der Waals surface area contributed by atoms with Crippen molar-refractivity contribution in [2.24, 2.45) is 5.73 Å². The monoisotopic (exact) mass is 248 g/mol. The van der Waals surface area contributed by atoms with Crippen molar-refractivity contribution in [1.82, 2.24) is 0 Å². The van der Waals surface area contributed by atoms with Gasteiger partial charge in [-0.1, -0.05) is 13.0 Å². The molecule has 0 unspecified atom stereocenters. The van der Waals surface area contributed by atoms with E-state index in [-0.39, 0.29) is 5.60 Å². The van der Waals surface area contributed by atoms with Crippen molar-refractivity contribution in [3.8, 4) is 5.75 Å². The number of hydrogen-bond acceptors (Lipinski definition) is 3. The summed E-state index contributed by atoms with van der Waals surface area (Å²) in [5.41, 5.74) is 8.03. The van der Waals surface area contributed by atoms with Gasteiger partial charge in [0.1, 0.15) is 11.4 Å². The highest BCUT2D eigenvalue weighted by molar-refractivity contribution is 5.62. The summed E-state index contributed by atoms with van der Waals surface area (Å²) in [5, 5.41) is 0. The van der Waals surface area contributed by atoms with Crippen LogP contribution in [0.4, 0.5) is 5.69 Å². The van der Waals surface area contributed by atoms with Crippen molar-refractivity contribution in [2.45, 2.75) is 39.2 Å². The highest BCUT2D eigenvalue weighted by Crippen LogP contribution is 2.37. The maximum atomic E-state index is 6.06. The second-order valence-corrected chi connectivity index (χ2v) is 5.62. The summed E-state index contributed by atoms with van der Waals surface area (Å²) in [7, 11) is 0. The smallest absolute Gasteiger partial charge is 0.143 e. The Labute approximate surface area is 110 Å². The van der Waals surface area contributed by atoms with E-state index in [0.717, 1.165) is 31.7 Å². The maximum Gasteiger partial charge on any atom is 0.143 e. The minimum absolute atomic E-state index is 0.114. The molecule has 2 rings (SSSR count). The summed E-state index contributed by atoms with van der Waals surface area (Å²) in [6, 6.07) is 6.44. The predicted octanol–water partition coefficient (Wildman–Crippen LogP) is 2.58. The fourth-order valence-electron chi connectivity index (χ4n) is 2.56. The van der Waals surface area contributed by atoms with Gasteiger partial charge in [-0.15, -0.1) is 0 Å². The van der Waals surface area contributed by atoms with Gasteiger partial charge in [-0.05, 0) is 50.9 Å². The van der Waals surface area contributed by atoms with E-state index >= 15 is 0 Å². The molecule has 0 atom stereocenters. The van der Waals surface area contributed by atoms with Gasteiger partial charge in [-0.3, -0.25) is 0 Å². The molecule has 1 aromatic rings. The first kappa shape index (κ1) is 13.2. The predicted molar refractivity (Wildman–Crippen MR) is 76.4 cm³/mol. The van der Waals surface area contributed by atoms with Crippen molar-refractivity contribution >= 4 is 5.69 Å². The van der Waals surface area contributed by atoms with Gasteiger partial charge in [-0.25, -0.2) is 0 Å². The van der Waals surface area contributed by atoms with Crippen molar-refractivity contribution < 1.29 is 4.74 Å². The molecule has 18 heavy (non-hydrogen) atoms. The lowest BCUT2D eigenvalue weighted by atomic mass is 10.0. The summed E-state index contributed by atoms with van der Waals surface area (Å²) in [5.74, 6) is 1.00. The van der Waals surface area contributed by atoms with Crippen LogP contribution in [-0.4, -0.2) is 25.2 Å². The number of anilines is 1. The SMILES string of the molecule is CCCN1CC(C)(C)Oc2ccc(CCN)cc21. The van der Waals surface area contributed by atoms with Gasteiger partial charge in [0, 0.05) is 6.54 Å². The molecule has 0 saturated heterocycles. The summed E-state index contributed by atoms with van der Waals surface area (Å²) < 4.78 is 6.06. The van der Waals surface area contributed by atoms with Crippen LogP contribution in [0.1, 0.15) is 32.8 Å². The number of ether oxygens (including phenoxy) is 1. The first-order valence-corrected chi connectivity index (χ1v) is 6.82. The number of benzene rings is 1. The Balaban J connectivity index is 2.33. The van der Waals surface area contributed by atoms with E-state index < -0.39 is 0 Å². The Morgan fingerprint density at radius 1 is 1.39 bits per heavy atom. The molecule has 1 aliphatic rings. The molecule has 1 aliphatic heterocycles. The van der Waals surface area contributed by atoms with Crippen molar-refractivity contribution in [1.29, 1.82) is 0 Å². The lowest BCUT2D eigenvalue weighted by molar-refractivity contribution is 0.105. The van der Waals surface area contributed by atoms with Crippen LogP contribution < -0.4 is 15.4 Å². The van der Waals surface area contributed by atoms with Crippen LogP contribution in [0.3, 0.4) is 0 Å². The first-order chi connectivity index (χ1) is 8.55. The quantitative estimate of drug-likeness (QED) is 0.890. The summed E-state index contributed by atoms with van der Waals surface area (Å²) in [4.78, 5) is 2.43. The van der Waals surface area contributed by atoms with Gasteiger partial charge in [-0.2, -0.15) is 0 Å². The Morgan fingerprint density at radius 3 is 2.83 bits per heavy atom. The molecule has 100 valence electrons. The maximum absolute atomic E-state index is 6.06. The zero-order chi connectivity index (χ0) is 13.2. The van der Waals surface area contributed by atoms with E-state index in [2.05, 4.69) is 43.9 Å². The summed E-state index contributed by atoms with van der Waals surface area (Å²) >= 11 is 0. The molecule has 0 aliphatic carbocycles. The lowest BCUT2D eigenvalue weighted by Crippen LogP contribution is -2.47. The van der Waals surface area contributed by atoms with E-state index in [9.17, 15) is 0 Å². The normalized spacial score (nSPS) is 17.2. The Bertz CT molecular complexity index is 415. The number of nitrogens with zero attached hydrogens (tertiary/aromatic N) is 1. The molecule has 3 heteroatoms. The van der Waals surface area contributed by atoms with E-state index in [0.29, 0.717) is 6.54 Å². The topological polar surface area (TPSA) is 38.5 Å². The van der Waals surface area contributed by atoms with Gasteiger partial charge < -0.3 is 15.4 Å². The van der Waals surface area contributed by atoms with Crippen LogP contribution in [0.2, 0.25) is 0 Å². The molecule has 2 N–H and O–H groups in total. The molecule has 0 saturated carbocycles. The highest BCUT2D eigenvalue weighted by Gasteiger charge is 2.31. The Hall–Kier alpha value is -1.22. The average molecular weight is 248 g/mol. The van der Waals surface area contributed by atoms with Crippen LogP contribution in [0, 0.1) is 0 Å². The van der Waals surface area contributed by atoms with Gasteiger partial charge in [0.25, 0.3) is 0 Å². The minimum atomic E-state index is -0.114. The first-order valence-electron chi connectivity index (χ1n) is 6.82. The third kappa shape index (κ3) is 2.78. The molecule has 0 fully saturated rings. The van der Waals surface area contributed by atoms with Crippen LogP contribution in [0.25, 0.3) is 0 Å². The molecular formula is C15H24N2O. The zero-order valence-electron chi connectivity index (χ0n) is 11.7. The molecule has 0 bridgehead atoms. The Kier molecular flexibility index (Phi) is 3.81. The van der Waals surface area contributed by atoms with Gasteiger partial charge in [0.05, 0.1) is 12.2 Å². The minimum Gasteiger partial charge on any atom is -0.484 e. The van der Waals surface area contributed by atoms with E-state index in [1.165, 1.54) is 11.3 Å². The molecule has 1 heterocycles. The average Bonchev–Trinajstić information content (AvgIpc) is 2.29. The number of rotatable bonds is 4. The second kappa shape index (κ2) is 5.19. The van der Waals surface area contributed by atoms with Crippen LogP contribution in [0.15, 0.2) is 18.2 Å². The van der Waals surface area contributed by atoms with Crippen LogP contribution in [-0.2, 0) is 6.42 Å². The van der Waals surface area contributed by atoms with Crippen LogP contribution in [0.5, 0.6) is 5.75 Å². The highest BCUT2D eigenvalue weighted by atomic mass is 16.5. The molecule has 0 aromatic heterocycles. The molecule has 3 nitrogen and oxygen atoms in total. The molecule has 0 radical (unpaired) electrons. The molecule has 0 amide bonds. The fraction of sp³-hybridized carbons (Fsp3) is 0.600. The summed E-state index contributed by atoms with van der Waals surface area (Å²) in [6.07, 6.45) is 2.08. The largest absolute Gasteiger partial charge is 0.484 e. The van der Waals surface area contributed by atoms with Crippen LogP contribution >= 0.6 is 0 Å². The van der Waals surface area contributed by atoms with Crippen molar-refractivity contribution in [3.05, 3.63) is 23.8 Å². The van der Waals surface area contributed by atoms with Gasteiger partial charge in [0.2, 0.25) is 0 Å². The van der Waals surface area contributed by atoms with E-state index in [1.807, 2.05) is 0 Å². The lowest BCUT2D eigenvalue weighted by Gasteiger charge is -2.41. The molecule has 1 aromatic carbocycles. The third-order valence-electron chi connectivity index (χ3n) is 3.25. The van der Waals surface area contributed by atoms with Gasteiger partial charge >= 0.3 is 0 Å². The zero-order valence-corrected chi connectivity index (χ0v) is 11.7. The second-order valence-electron chi connectivity index (χ2n) is 5.62. The molecule has 0 spiro atoms. The van der Waals surface area contributed by atoms with E-state index in [1.54, 1.807) is 0 Å².